The van der Waals surface area contributed by atoms with E-state index in [9.17, 15) is 9.18 Å². The highest BCUT2D eigenvalue weighted by Crippen LogP contribution is 2.22. The number of benzene rings is 1. The third-order valence-corrected chi connectivity index (χ3v) is 2.48. The summed E-state index contributed by atoms with van der Waals surface area (Å²) in [6, 6.07) is 6.53. The Hall–Kier alpha value is -2.50. The van der Waals surface area contributed by atoms with Gasteiger partial charge in [-0.3, -0.25) is 4.79 Å². The Kier molecular flexibility index (Phi) is 4.60. The maximum Gasteiger partial charge on any atom is 0.275 e. The predicted octanol–water partition coefficient (Wildman–Crippen LogP) is 2.49. The lowest BCUT2D eigenvalue weighted by Gasteiger charge is -2.09. The number of hydrogen-bond acceptors (Lipinski definition) is 4. The second-order valence-corrected chi connectivity index (χ2v) is 3.95. The summed E-state index contributed by atoms with van der Waals surface area (Å²) in [4.78, 5) is 19.8. The van der Waals surface area contributed by atoms with Gasteiger partial charge in [-0.1, -0.05) is 12.1 Å². The molecule has 0 spiro atoms. The average molecular weight is 275 g/mol. The minimum atomic E-state index is -0.582. The minimum Gasteiger partial charge on any atom is -0.437 e. The van der Waals surface area contributed by atoms with E-state index in [2.05, 4.69) is 15.3 Å². The number of amides is 1. The Balaban J connectivity index is 2.26. The molecule has 2 rings (SSSR count). The summed E-state index contributed by atoms with van der Waals surface area (Å²) in [5, 5.41) is 2.63. The number of aromatic nitrogens is 2. The van der Waals surface area contributed by atoms with Crippen LogP contribution in [0.3, 0.4) is 0 Å². The second kappa shape index (κ2) is 6.60. The van der Waals surface area contributed by atoms with Crippen molar-refractivity contribution in [3.8, 4) is 11.6 Å². The zero-order chi connectivity index (χ0) is 14.4. The molecule has 1 heterocycles. The van der Waals surface area contributed by atoms with E-state index in [4.69, 9.17) is 4.74 Å². The first-order valence-corrected chi connectivity index (χ1v) is 6.16. The second-order valence-electron chi connectivity index (χ2n) is 3.95. The van der Waals surface area contributed by atoms with E-state index >= 15 is 0 Å². The van der Waals surface area contributed by atoms with Gasteiger partial charge in [0.15, 0.2) is 5.69 Å². The van der Waals surface area contributed by atoms with Crippen LogP contribution in [0.1, 0.15) is 23.0 Å². The molecule has 0 saturated carbocycles. The molecular weight excluding hydrogens is 261 g/mol. The molecule has 0 bridgehead atoms. The van der Waals surface area contributed by atoms with Crippen LogP contribution in [0.5, 0.6) is 11.6 Å². The van der Waals surface area contributed by atoms with E-state index in [1.807, 2.05) is 0 Å². The van der Waals surface area contributed by atoms with Crippen LogP contribution in [0.4, 0.5) is 4.39 Å². The molecule has 6 heteroatoms. The van der Waals surface area contributed by atoms with Crippen LogP contribution in [0.2, 0.25) is 0 Å². The monoisotopic (exact) mass is 275 g/mol. The van der Waals surface area contributed by atoms with Crippen molar-refractivity contribution >= 4 is 5.91 Å². The van der Waals surface area contributed by atoms with Gasteiger partial charge in [-0.05, 0) is 24.6 Å². The fourth-order valence-electron chi connectivity index (χ4n) is 1.60. The van der Waals surface area contributed by atoms with Gasteiger partial charge in [0, 0.05) is 18.9 Å². The highest BCUT2D eigenvalue weighted by Gasteiger charge is 2.15. The summed E-state index contributed by atoms with van der Waals surface area (Å²) >= 11 is 0. The molecule has 5 nitrogen and oxygen atoms in total. The summed E-state index contributed by atoms with van der Waals surface area (Å²) in [5.41, 5.74) is 0.589. The topological polar surface area (TPSA) is 64.1 Å². The van der Waals surface area contributed by atoms with Crippen LogP contribution >= 0.6 is 0 Å². The van der Waals surface area contributed by atoms with Crippen molar-refractivity contribution in [3.63, 3.8) is 0 Å². The number of hydrogen-bond donors (Lipinski definition) is 1. The zero-order valence-corrected chi connectivity index (χ0v) is 11.0. The van der Waals surface area contributed by atoms with Crippen molar-refractivity contribution in [2.75, 3.05) is 6.54 Å². The first-order valence-electron chi connectivity index (χ1n) is 6.16. The van der Waals surface area contributed by atoms with Crippen molar-refractivity contribution in [2.45, 2.75) is 13.6 Å². The summed E-state index contributed by atoms with van der Waals surface area (Å²) in [5.74, 6) is 0.137. The van der Waals surface area contributed by atoms with Crippen molar-refractivity contribution < 1.29 is 13.9 Å². The normalized spacial score (nSPS) is 10.1. The molecule has 104 valence electrons. The van der Waals surface area contributed by atoms with Gasteiger partial charge in [0.25, 0.3) is 11.8 Å². The first-order chi connectivity index (χ1) is 9.74. The number of rotatable bonds is 5. The largest absolute Gasteiger partial charge is 0.437 e. The molecule has 0 radical (unpaired) electrons. The van der Waals surface area contributed by atoms with Gasteiger partial charge in [-0.2, -0.15) is 0 Å². The van der Waals surface area contributed by atoms with E-state index in [0.717, 1.165) is 0 Å². The predicted molar refractivity (Wildman–Crippen MR) is 71.4 cm³/mol. The van der Waals surface area contributed by atoms with Gasteiger partial charge in [0.1, 0.15) is 12.4 Å². The lowest BCUT2D eigenvalue weighted by molar-refractivity contribution is 0.0947. The summed E-state index contributed by atoms with van der Waals surface area (Å²) in [6.07, 6.45) is 2.84. The van der Waals surface area contributed by atoms with E-state index in [1.54, 1.807) is 31.2 Å². The van der Waals surface area contributed by atoms with E-state index < -0.39 is 6.67 Å². The van der Waals surface area contributed by atoms with Gasteiger partial charge in [-0.15, -0.1) is 0 Å². The molecule has 1 amide bonds. The summed E-state index contributed by atoms with van der Waals surface area (Å²) in [6.45, 7) is 1.70. The average Bonchev–Trinajstić information content (AvgIpc) is 2.48. The van der Waals surface area contributed by atoms with Gasteiger partial charge >= 0.3 is 0 Å². The Morgan fingerprint density at radius 3 is 2.90 bits per heavy atom. The van der Waals surface area contributed by atoms with Gasteiger partial charge in [-0.25, -0.2) is 14.4 Å². The maximum absolute atomic E-state index is 12.6. The van der Waals surface area contributed by atoms with E-state index in [-0.39, 0.29) is 17.5 Å². The quantitative estimate of drug-likeness (QED) is 0.910. The number of nitrogens with one attached hydrogen (secondary N) is 1. The highest BCUT2D eigenvalue weighted by molar-refractivity contribution is 5.94. The standard InChI is InChI=1S/C14H14FN3O2/c1-2-16-13(19)12-14(18-7-6-17-12)20-11-5-3-4-10(8-11)9-15/h3-8H,2,9H2,1H3,(H,16,19). The third-order valence-electron chi connectivity index (χ3n) is 2.48. The number of carbonyl (C=O) groups excluding carboxylic acids is 1. The van der Waals surface area contributed by atoms with E-state index in [0.29, 0.717) is 17.9 Å². The highest BCUT2D eigenvalue weighted by atomic mass is 19.1. The van der Waals surface area contributed by atoms with Crippen LogP contribution in [-0.4, -0.2) is 22.4 Å². The SMILES string of the molecule is CCNC(=O)c1nccnc1Oc1cccc(CF)c1. The van der Waals surface area contributed by atoms with E-state index in [1.165, 1.54) is 12.4 Å². The number of alkyl halides is 1. The van der Waals surface area contributed by atoms with Crippen molar-refractivity contribution in [2.24, 2.45) is 0 Å². The number of halogens is 1. The molecule has 0 aliphatic carbocycles. The Labute approximate surface area is 115 Å². The molecule has 0 atom stereocenters. The van der Waals surface area contributed by atoms with Crippen LogP contribution in [0.15, 0.2) is 36.7 Å². The molecular formula is C14H14FN3O2. The van der Waals surface area contributed by atoms with Gasteiger partial charge in [0.05, 0.1) is 0 Å². The van der Waals surface area contributed by atoms with Gasteiger partial charge < -0.3 is 10.1 Å². The first kappa shape index (κ1) is 13.9. The lowest BCUT2D eigenvalue weighted by atomic mass is 10.2. The molecule has 1 aromatic heterocycles. The van der Waals surface area contributed by atoms with Crippen LogP contribution < -0.4 is 10.1 Å². The maximum atomic E-state index is 12.6. The fourth-order valence-corrected chi connectivity index (χ4v) is 1.60. The fraction of sp³-hybridized carbons (Fsp3) is 0.214. The molecule has 0 aliphatic rings. The zero-order valence-electron chi connectivity index (χ0n) is 11.0. The molecule has 0 aliphatic heterocycles. The minimum absolute atomic E-state index is 0.0921. The lowest BCUT2D eigenvalue weighted by Crippen LogP contribution is -2.24. The molecule has 2 aromatic rings. The van der Waals surface area contributed by atoms with Crippen LogP contribution in [-0.2, 0) is 6.67 Å². The number of nitrogens with zero attached hydrogens (tertiary/aromatic N) is 2. The summed E-state index contributed by atoms with van der Waals surface area (Å²) < 4.78 is 18.1. The Bertz CT molecular complexity index is 604. The third kappa shape index (κ3) is 3.28. The van der Waals surface area contributed by atoms with Crippen LogP contribution in [0.25, 0.3) is 0 Å². The molecule has 0 fully saturated rings. The molecule has 0 saturated heterocycles. The molecule has 0 unspecified atom stereocenters. The molecule has 1 aromatic carbocycles. The number of ether oxygens (including phenoxy) is 1. The van der Waals surface area contributed by atoms with Crippen molar-refractivity contribution in [1.82, 2.24) is 15.3 Å². The Morgan fingerprint density at radius 1 is 1.35 bits per heavy atom. The van der Waals surface area contributed by atoms with Crippen molar-refractivity contribution in [1.29, 1.82) is 0 Å². The molecule has 20 heavy (non-hydrogen) atoms. The Morgan fingerprint density at radius 2 is 2.15 bits per heavy atom. The molecule has 1 N–H and O–H groups in total. The number of carbonyl (C=O) groups is 1. The van der Waals surface area contributed by atoms with Gasteiger partial charge in [0.2, 0.25) is 0 Å². The van der Waals surface area contributed by atoms with Crippen molar-refractivity contribution in [3.05, 3.63) is 47.9 Å². The summed E-state index contributed by atoms with van der Waals surface area (Å²) in [7, 11) is 0. The van der Waals surface area contributed by atoms with Crippen LogP contribution in [0, 0.1) is 0 Å². The smallest absolute Gasteiger partial charge is 0.275 e.